The van der Waals surface area contributed by atoms with E-state index in [4.69, 9.17) is 7.98 Å². The van der Waals surface area contributed by atoms with Crippen LogP contribution in [0.3, 0.4) is 0 Å². The van der Waals surface area contributed by atoms with Crippen LogP contribution in [-0.4, -0.2) is 17.4 Å². The minimum absolute atomic E-state index is 0.189. The molecule has 0 saturated heterocycles. The van der Waals surface area contributed by atoms with Gasteiger partial charge < -0.3 is 4.48 Å². The molecule has 0 N–H and O–H groups in total. The third kappa shape index (κ3) is 1.15. The van der Waals surface area contributed by atoms with Crippen molar-refractivity contribution in [2.45, 2.75) is 13.8 Å². The second-order valence-corrected chi connectivity index (χ2v) is 3.30. The lowest BCUT2D eigenvalue weighted by Crippen LogP contribution is -2.22. The smallest absolute Gasteiger partial charge is 0.248 e. The highest BCUT2D eigenvalue weighted by molar-refractivity contribution is 6.07. The van der Waals surface area contributed by atoms with Gasteiger partial charge in [0, 0.05) is 0 Å². The quantitative estimate of drug-likeness (QED) is 0.571. The predicted molar refractivity (Wildman–Crippen MR) is 56.6 cm³/mol. The van der Waals surface area contributed by atoms with E-state index in [1.807, 2.05) is 25.1 Å². The van der Waals surface area contributed by atoms with Crippen molar-refractivity contribution in [1.82, 2.24) is 9.46 Å². The van der Waals surface area contributed by atoms with Crippen LogP contribution < -0.4 is 5.56 Å². The molecule has 14 heavy (non-hydrogen) atoms. The van der Waals surface area contributed by atoms with Crippen LogP contribution in [-0.2, 0) is 0 Å². The Morgan fingerprint density at radius 1 is 1.36 bits per heavy atom. The first-order valence-corrected chi connectivity index (χ1v) is 4.35. The minimum Gasteiger partial charge on any atom is -0.354 e. The molecule has 0 aliphatic carbocycles. The van der Waals surface area contributed by atoms with Gasteiger partial charge >= 0.3 is 0 Å². The zero-order valence-corrected chi connectivity index (χ0v) is 8.11. The molecule has 1 aromatic carbocycles. The van der Waals surface area contributed by atoms with Crippen LogP contribution in [0.5, 0.6) is 0 Å². The lowest BCUT2D eigenvalue weighted by atomic mass is 10.1. The van der Waals surface area contributed by atoms with E-state index in [1.54, 1.807) is 6.92 Å². The molecule has 68 valence electrons. The van der Waals surface area contributed by atoms with Crippen LogP contribution in [0.15, 0.2) is 23.0 Å². The number of hydrogen-bond donors (Lipinski definition) is 0. The highest BCUT2D eigenvalue weighted by Crippen LogP contribution is 2.11. The van der Waals surface area contributed by atoms with Crippen LogP contribution >= 0.6 is 0 Å². The largest absolute Gasteiger partial charge is 0.354 e. The number of aryl methyl sites for hydroxylation is 2. The fourth-order valence-corrected chi connectivity index (χ4v) is 1.52. The Morgan fingerprint density at radius 2 is 2.07 bits per heavy atom. The van der Waals surface area contributed by atoms with Gasteiger partial charge in [0.15, 0.2) is 0 Å². The standard InChI is InChI=1S/C10H9BN2O/c1-6-4-3-5-8-9(6)10(14)13(11)7(2)12-8/h3-5H,1-2H3. The summed E-state index contributed by atoms with van der Waals surface area (Å²) < 4.78 is 1.08. The first-order chi connectivity index (χ1) is 6.61. The van der Waals surface area contributed by atoms with Gasteiger partial charge in [0.05, 0.1) is 16.7 Å². The maximum absolute atomic E-state index is 11.8. The van der Waals surface area contributed by atoms with Crippen molar-refractivity contribution >= 4 is 18.9 Å². The van der Waals surface area contributed by atoms with Gasteiger partial charge in [0.2, 0.25) is 13.5 Å². The van der Waals surface area contributed by atoms with E-state index in [2.05, 4.69) is 4.98 Å². The van der Waals surface area contributed by atoms with E-state index in [1.165, 1.54) is 0 Å². The van der Waals surface area contributed by atoms with Gasteiger partial charge in [0.1, 0.15) is 0 Å². The van der Waals surface area contributed by atoms with Gasteiger partial charge in [-0.2, -0.15) is 0 Å². The molecule has 1 aromatic heterocycles. The molecule has 4 heteroatoms. The summed E-state index contributed by atoms with van der Waals surface area (Å²) in [5.74, 6) is 0.521. The fourth-order valence-electron chi connectivity index (χ4n) is 1.52. The van der Waals surface area contributed by atoms with Gasteiger partial charge in [0.25, 0.3) is 0 Å². The molecule has 0 atom stereocenters. The molecule has 0 fully saturated rings. The SMILES string of the molecule is [B]n1c(C)nc2cccc(C)c2c1=O. The molecule has 0 spiro atoms. The molecular weight excluding hydrogens is 175 g/mol. The number of hydrogen-bond acceptors (Lipinski definition) is 2. The number of fused-ring (bicyclic) bond motifs is 1. The molecule has 3 nitrogen and oxygen atoms in total. The van der Waals surface area contributed by atoms with Crippen LogP contribution in [0.1, 0.15) is 11.4 Å². The van der Waals surface area contributed by atoms with Gasteiger partial charge in [-0.25, -0.2) is 4.98 Å². The third-order valence-electron chi connectivity index (χ3n) is 2.31. The van der Waals surface area contributed by atoms with Gasteiger partial charge in [-0.05, 0) is 25.5 Å². The van der Waals surface area contributed by atoms with E-state index >= 15 is 0 Å². The van der Waals surface area contributed by atoms with E-state index in [0.29, 0.717) is 16.7 Å². The third-order valence-corrected chi connectivity index (χ3v) is 2.31. The van der Waals surface area contributed by atoms with Crippen molar-refractivity contribution in [3.63, 3.8) is 0 Å². The summed E-state index contributed by atoms with van der Waals surface area (Å²) in [4.78, 5) is 16.0. The van der Waals surface area contributed by atoms with E-state index in [9.17, 15) is 4.79 Å². The van der Waals surface area contributed by atoms with Crippen molar-refractivity contribution in [3.8, 4) is 0 Å². The van der Waals surface area contributed by atoms with Crippen LogP contribution in [0, 0.1) is 13.8 Å². The zero-order valence-electron chi connectivity index (χ0n) is 8.11. The van der Waals surface area contributed by atoms with Crippen LogP contribution in [0.2, 0.25) is 0 Å². The second kappa shape index (κ2) is 2.98. The molecule has 0 aliphatic heterocycles. The first-order valence-electron chi connectivity index (χ1n) is 4.35. The molecule has 0 aliphatic rings. The Balaban J connectivity index is 3.07. The monoisotopic (exact) mass is 184 g/mol. The molecule has 0 bridgehead atoms. The summed E-state index contributed by atoms with van der Waals surface area (Å²) in [6.07, 6.45) is 0. The molecule has 1 heterocycles. The maximum atomic E-state index is 11.8. The molecule has 2 radical (unpaired) electrons. The van der Waals surface area contributed by atoms with Crippen molar-refractivity contribution < 1.29 is 0 Å². The zero-order chi connectivity index (χ0) is 10.3. The Labute approximate surface area is 82.8 Å². The molecule has 0 saturated carbocycles. The summed E-state index contributed by atoms with van der Waals surface area (Å²) in [5.41, 5.74) is 1.42. The molecule has 2 rings (SSSR count). The van der Waals surface area contributed by atoms with Gasteiger partial charge in [-0.15, -0.1) is 0 Å². The molecule has 0 unspecified atom stereocenters. The Bertz CT molecular complexity index is 560. The molecule has 0 amide bonds. The lowest BCUT2D eigenvalue weighted by Gasteiger charge is -2.06. The molecular formula is C10H9BN2O. The van der Waals surface area contributed by atoms with E-state index in [0.717, 1.165) is 10.0 Å². The molecule has 2 aromatic rings. The fraction of sp³-hybridized carbons (Fsp3) is 0.200. The highest BCUT2D eigenvalue weighted by Gasteiger charge is 2.05. The van der Waals surface area contributed by atoms with Crippen molar-refractivity contribution in [2.75, 3.05) is 0 Å². The van der Waals surface area contributed by atoms with Gasteiger partial charge in [-0.3, -0.25) is 4.79 Å². The maximum Gasteiger partial charge on any atom is 0.248 e. The summed E-state index contributed by atoms with van der Waals surface area (Å²) in [5, 5.41) is 0.598. The number of rotatable bonds is 0. The van der Waals surface area contributed by atoms with Crippen molar-refractivity contribution in [3.05, 3.63) is 39.9 Å². The van der Waals surface area contributed by atoms with Crippen molar-refractivity contribution in [2.24, 2.45) is 0 Å². The second-order valence-electron chi connectivity index (χ2n) is 3.30. The first kappa shape index (κ1) is 9.00. The number of nitrogens with zero attached hydrogens (tertiary/aromatic N) is 2. The van der Waals surface area contributed by atoms with Gasteiger partial charge in [-0.1, -0.05) is 12.1 Å². The van der Waals surface area contributed by atoms with Crippen molar-refractivity contribution in [1.29, 1.82) is 0 Å². The number of benzene rings is 1. The normalized spacial score (nSPS) is 10.7. The van der Waals surface area contributed by atoms with E-state index in [-0.39, 0.29) is 5.56 Å². The topological polar surface area (TPSA) is 34.9 Å². The predicted octanol–water partition coefficient (Wildman–Crippen LogP) is 0.945. The summed E-state index contributed by atoms with van der Waals surface area (Å²) in [7, 11) is 5.56. The Hall–Kier alpha value is -1.58. The Kier molecular flexibility index (Phi) is 1.91. The Morgan fingerprint density at radius 3 is 2.79 bits per heavy atom. The minimum atomic E-state index is -0.189. The van der Waals surface area contributed by atoms with Crippen LogP contribution in [0.25, 0.3) is 10.9 Å². The highest BCUT2D eigenvalue weighted by atomic mass is 16.1. The van der Waals surface area contributed by atoms with Crippen LogP contribution in [0.4, 0.5) is 0 Å². The number of aromatic nitrogens is 2. The average Bonchev–Trinajstić information content (AvgIpc) is 2.14. The summed E-state index contributed by atoms with van der Waals surface area (Å²) in [6, 6.07) is 5.57. The average molecular weight is 184 g/mol. The lowest BCUT2D eigenvalue weighted by molar-refractivity contribution is 0.984. The summed E-state index contributed by atoms with van der Waals surface area (Å²) >= 11 is 0. The summed E-state index contributed by atoms with van der Waals surface area (Å²) in [6.45, 7) is 3.59. The van der Waals surface area contributed by atoms with E-state index < -0.39 is 0 Å².